The third kappa shape index (κ3) is 4.90. The first-order valence-corrected chi connectivity index (χ1v) is 9.33. The molecule has 144 valence electrons. The number of ether oxygens (including phenoxy) is 2. The predicted octanol–water partition coefficient (Wildman–Crippen LogP) is 2.60. The molecule has 2 amide bonds. The average molecular weight is 362 g/mol. The highest BCUT2D eigenvalue weighted by molar-refractivity contribution is 5.92. The number of rotatable bonds is 10. The van der Waals surface area contributed by atoms with E-state index < -0.39 is 0 Å². The van der Waals surface area contributed by atoms with Gasteiger partial charge in [0.05, 0.1) is 26.1 Å². The second kappa shape index (κ2) is 9.46. The quantitative estimate of drug-likeness (QED) is 0.695. The number of methoxy groups -OCH3 is 2. The van der Waals surface area contributed by atoms with Crippen molar-refractivity contribution in [2.75, 3.05) is 27.3 Å². The van der Waals surface area contributed by atoms with Gasteiger partial charge in [-0.2, -0.15) is 0 Å². The van der Waals surface area contributed by atoms with Crippen LogP contribution in [0, 0.1) is 11.8 Å². The molecule has 1 aromatic rings. The van der Waals surface area contributed by atoms with E-state index in [1.807, 2.05) is 23.1 Å². The fraction of sp³-hybridized carbons (Fsp3) is 0.600. The highest BCUT2D eigenvalue weighted by Gasteiger charge is 2.49. The third-order valence-electron chi connectivity index (χ3n) is 4.66. The first kappa shape index (κ1) is 20.1. The van der Waals surface area contributed by atoms with E-state index in [9.17, 15) is 9.59 Å². The highest BCUT2D eigenvalue weighted by atomic mass is 16.5. The molecule has 1 N–H and O–H groups in total. The van der Waals surface area contributed by atoms with Gasteiger partial charge in [0.15, 0.2) is 11.5 Å². The lowest BCUT2D eigenvalue weighted by atomic mass is 10.2. The van der Waals surface area contributed by atoms with Gasteiger partial charge in [-0.3, -0.25) is 9.59 Å². The Hall–Kier alpha value is -2.24. The Kier molecular flexibility index (Phi) is 7.30. The van der Waals surface area contributed by atoms with Gasteiger partial charge in [0.2, 0.25) is 11.8 Å². The summed E-state index contributed by atoms with van der Waals surface area (Å²) in [5.41, 5.74) is 0.929. The third-order valence-corrected chi connectivity index (χ3v) is 4.66. The SMILES string of the molecule is CCCN(CCC)C(=O)C1CC1C(=O)NCc1ccc(OC)c(OC)c1. The van der Waals surface area contributed by atoms with Crippen LogP contribution in [0.1, 0.15) is 38.7 Å². The lowest BCUT2D eigenvalue weighted by molar-refractivity contribution is -0.134. The summed E-state index contributed by atoms with van der Waals surface area (Å²) in [4.78, 5) is 26.8. The number of hydrogen-bond acceptors (Lipinski definition) is 4. The van der Waals surface area contributed by atoms with Gasteiger partial charge in [0, 0.05) is 19.6 Å². The summed E-state index contributed by atoms with van der Waals surface area (Å²) < 4.78 is 10.5. The second-order valence-electron chi connectivity index (χ2n) is 6.68. The van der Waals surface area contributed by atoms with Crippen LogP contribution < -0.4 is 14.8 Å². The minimum Gasteiger partial charge on any atom is -0.493 e. The molecule has 2 atom stereocenters. The van der Waals surface area contributed by atoms with Crippen LogP contribution in [0.25, 0.3) is 0 Å². The minimum atomic E-state index is -0.196. The summed E-state index contributed by atoms with van der Waals surface area (Å²) >= 11 is 0. The highest BCUT2D eigenvalue weighted by Crippen LogP contribution is 2.40. The molecule has 6 heteroatoms. The molecule has 1 saturated carbocycles. The molecule has 0 heterocycles. The molecular weight excluding hydrogens is 332 g/mol. The molecule has 0 radical (unpaired) electrons. The number of carbonyl (C=O) groups excluding carboxylic acids is 2. The Bertz CT molecular complexity index is 626. The summed E-state index contributed by atoms with van der Waals surface area (Å²) in [5.74, 6) is 1.01. The van der Waals surface area contributed by atoms with E-state index in [1.54, 1.807) is 14.2 Å². The summed E-state index contributed by atoms with van der Waals surface area (Å²) in [6.07, 6.45) is 2.53. The van der Waals surface area contributed by atoms with Crippen molar-refractivity contribution in [2.45, 2.75) is 39.7 Å². The van der Waals surface area contributed by atoms with E-state index in [0.29, 0.717) is 24.5 Å². The molecule has 26 heavy (non-hydrogen) atoms. The standard InChI is InChI=1S/C20H30N2O4/c1-5-9-22(10-6-2)20(24)16-12-15(16)19(23)21-13-14-7-8-17(25-3)18(11-14)26-4/h7-8,11,15-16H,5-6,9-10,12-13H2,1-4H3,(H,21,23). The smallest absolute Gasteiger partial charge is 0.226 e. The first-order chi connectivity index (χ1) is 12.5. The molecule has 1 aliphatic carbocycles. The van der Waals surface area contributed by atoms with Crippen LogP contribution in [0.2, 0.25) is 0 Å². The first-order valence-electron chi connectivity index (χ1n) is 9.33. The average Bonchev–Trinajstić information content (AvgIpc) is 3.46. The summed E-state index contributed by atoms with van der Waals surface area (Å²) in [7, 11) is 3.17. The lowest BCUT2D eigenvalue weighted by Crippen LogP contribution is -2.35. The monoisotopic (exact) mass is 362 g/mol. The van der Waals surface area contributed by atoms with Crippen LogP contribution in [-0.2, 0) is 16.1 Å². The van der Waals surface area contributed by atoms with Crippen molar-refractivity contribution in [3.63, 3.8) is 0 Å². The normalized spacial score (nSPS) is 18.2. The number of carbonyl (C=O) groups is 2. The van der Waals surface area contributed by atoms with Crippen LogP contribution >= 0.6 is 0 Å². The Labute approximate surface area is 155 Å². The van der Waals surface area contributed by atoms with Gasteiger partial charge in [0.1, 0.15) is 0 Å². The molecule has 2 unspecified atom stereocenters. The fourth-order valence-electron chi connectivity index (χ4n) is 3.18. The molecule has 6 nitrogen and oxygen atoms in total. The molecule has 0 aromatic heterocycles. The van der Waals surface area contributed by atoms with Crippen molar-refractivity contribution in [3.05, 3.63) is 23.8 Å². The van der Waals surface area contributed by atoms with Crippen LogP contribution in [0.5, 0.6) is 11.5 Å². The van der Waals surface area contributed by atoms with Crippen LogP contribution in [0.4, 0.5) is 0 Å². The molecule has 1 aromatic carbocycles. The molecule has 1 aliphatic rings. The molecule has 0 aliphatic heterocycles. The summed E-state index contributed by atoms with van der Waals surface area (Å²) in [5, 5.41) is 2.93. The number of amides is 2. The maximum Gasteiger partial charge on any atom is 0.226 e. The maximum absolute atomic E-state index is 12.5. The van der Waals surface area contributed by atoms with Crippen molar-refractivity contribution in [1.82, 2.24) is 10.2 Å². The van der Waals surface area contributed by atoms with Crippen molar-refractivity contribution in [2.24, 2.45) is 11.8 Å². The summed E-state index contributed by atoms with van der Waals surface area (Å²) in [6.45, 7) is 6.07. The zero-order valence-electron chi connectivity index (χ0n) is 16.2. The zero-order chi connectivity index (χ0) is 19.1. The van der Waals surface area contributed by atoms with E-state index in [0.717, 1.165) is 31.5 Å². The topological polar surface area (TPSA) is 67.9 Å². The van der Waals surface area contributed by atoms with Gasteiger partial charge in [-0.15, -0.1) is 0 Å². The maximum atomic E-state index is 12.5. The zero-order valence-corrected chi connectivity index (χ0v) is 16.2. The Morgan fingerprint density at radius 3 is 2.31 bits per heavy atom. The molecule has 0 spiro atoms. The Balaban J connectivity index is 1.87. The Morgan fingerprint density at radius 2 is 1.73 bits per heavy atom. The van der Waals surface area contributed by atoms with Gasteiger partial charge < -0.3 is 19.7 Å². The van der Waals surface area contributed by atoms with E-state index >= 15 is 0 Å². The molecule has 2 rings (SSSR count). The lowest BCUT2D eigenvalue weighted by Gasteiger charge is -2.21. The van der Waals surface area contributed by atoms with E-state index in [2.05, 4.69) is 19.2 Å². The number of benzene rings is 1. The van der Waals surface area contributed by atoms with Crippen LogP contribution in [0.15, 0.2) is 18.2 Å². The molecule has 0 saturated heterocycles. The second-order valence-corrected chi connectivity index (χ2v) is 6.68. The fourth-order valence-corrected chi connectivity index (χ4v) is 3.18. The largest absolute Gasteiger partial charge is 0.493 e. The number of nitrogens with zero attached hydrogens (tertiary/aromatic N) is 1. The van der Waals surface area contributed by atoms with Gasteiger partial charge in [-0.25, -0.2) is 0 Å². The van der Waals surface area contributed by atoms with Gasteiger partial charge >= 0.3 is 0 Å². The number of hydrogen-bond donors (Lipinski definition) is 1. The van der Waals surface area contributed by atoms with Crippen molar-refractivity contribution < 1.29 is 19.1 Å². The summed E-state index contributed by atoms with van der Waals surface area (Å²) in [6, 6.07) is 5.55. The minimum absolute atomic E-state index is 0.0499. The van der Waals surface area contributed by atoms with Crippen LogP contribution in [0.3, 0.4) is 0 Å². The van der Waals surface area contributed by atoms with Crippen LogP contribution in [-0.4, -0.2) is 44.0 Å². The van der Waals surface area contributed by atoms with Gasteiger partial charge in [-0.05, 0) is 37.0 Å². The molecule has 1 fully saturated rings. The molecular formula is C20H30N2O4. The Morgan fingerprint density at radius 1 is 1.08 bits per heavy atom. The van der Waals surface area contributed by atoms with E-state index in [1.165, 1.54) is 0 Å². The van der Waals surface area contributed by atoms with Crippen molar-refractivity contribution >= 4 is 11.8 Å². The van der Waals surface area contributed by atoms with Gasteiger partial charge in [-0.1, -0.05) is 19.9 Å². The molecule has 0 bridgehead atoms. The van der Waals surface area contributed by atoms with Crippen molar-refractivity contribution in [1.29, 1.82) is 0 Å². The van der Waals surface area contributed by atoms with Gasteiger partial charge in [0.25, 0.3) is 0 Å². The van der Waals surface area contributed by atoms with E-state index in [-0.39, 0.29) is 23.7 Å². The predicted molar refractivity (Wildman–Crippen MR) is 100 cm³/mol. The van der Waals surface area contributed by atoms with Crippen molar-refractivity contribution in [3.8, 4) is 11.5 Å². The van der Waals surface area contributed by atoms with E-state index in [4.69, 9.17) is 9.47 Å². The number of nitrogens with one attached hydrogen (secondary N) is 1.